The molecule has 1 saturated heterocycles. The van der Waals surface area contributed by atoms with Crippen molar-refractivity contribution < 1.29 is 23.8 Å². The highest BCUT2D eigenvalue weighted by Crippen LogP contribution is 2.37. The van der Waals surface area contributed by atoms with Crippen LogP contribution in [0.5, 0.6) is 11.5 Å². The summed E-state index contributed by atoms with van der Waals surface area (Å²) in [5.41, 5.74) is 1.58. The van der Waals surface area contributed by atoms with Crippen molar-refractivity contribution >= 4 is 29.0 Å². The van der Waals surface area contributed by atoms with E-state index in [2.05, 4.69) is 12.5 Å². The number of carbonyl (C=O) groups is 2. The Morgan fingerprint density at radius 1 is 1.31 bits per heavy atom. The summed E-state index contributed by atoms with van der Waals surface area (Å²) in [6, 6.07) is 3.66. The standard InChI is InChI=1S/C22H25NO5S/c1-5-9-17-13-16(14-18(27-7-3)20(17)28-11-6-2)15-19-21(24)23(22(25)29-19)10-8-12-26-4/h2,5,13-15H,1,7-12H2,3-4H3/b19-15+. The number of benzene rings is 1. The van der Waals surface area contributed by atoms with Gasteiger partial charge in [-0.25, -0.2) is 0 Å². The molecular weight excluding hydrogens is 390 g/mol. The van der Waals surface area contributed by atoms with Crippen LogP contribution in [0.2, 0.25) is 0 Å². The molecule has 0 bridgehead atoms. The van der Waals surface area contributed by atoms with Crippen molar-refractivity contribution in [2.75, 3.05) is 33.5 Å². The zero-order valence-electron chi connectivity index (χ0n) is 16.7. The molecule has 0 spiro atoms. The molecule has 0 unspecified atom stereocenters. The van der Waals surface area contributed by atoms with Crippen molar-refractivity contribution in [1.29, 1.82) is 0 Å². The number of thioether (sulfide) groups is 1. The van der Waals surface area contributed by atoms with Gasteiger partial charge in [0.1, 0.15) is 6.61 Å². The Hall–Kier alpha value is -2.69. The Labute approximate surface area is 175 Å². The second-order valence-corrected chi connectivity index (χ2v) is 7.10. The fourth-order valence-electron chi connectivity index (χ4n) is 2.83. The number of rotatable bonds is 11. The molecule has 2 amide bonds. The summed E-state index contributed by atoms with van der Waals surface area (Å²) in [7, 11) is 1.58. The second-order valence-electron chi connectivity index (χ2n) is 6.11. The van der Waals surface area contributed by atoms with Crippen LogP contribution in [-0.2, 0) is 16.0 Å². The second kappa shape index (κ2) is 11.3. The Morgan fingerprint density at radius 3 is 2.76 bits per heavy atom. The molecule has 1 aliphatic heterocycles. The quantitative estimate of drug-likeness (QED) is 0.236. The minimum Gasteiger partial charge on any atom is -0.490 e. The van der Waals surface area contributed by atoms with Gasteiger partial charge in [0.15, 0.2) is 11.5 Å². The molecule has 1 aromatic carbocycles. The number of hydrogen-bond acceptors (Lipinski definition) is 6. The summed E-state index contributed by atoms with van der Waals surface area (Å²) in [4.78, 5) is 26.4. The van der Waals surface area contributed by atoms with E-state index in [1.54, 1.807) is 25.3 Å². The molecule has 0 aliphatic carbocycles. The van der Waals surface area contributed by atoms with Gasteiger partial charge in [-0.15, -0.1) is 13.0 Å². The van der Waals surface area contributed by atoms with Gasteiger partial charge < -0.3 is 14.2 Å². The zero-order valence-corrected chi connectivity index (χ0v) is 17.5. The van der Waals surface area contributed by atoms with Crippen molar-refractivity contribution in [3.63, 3.8) is 0 Å². The molecule has 7 heteroatoms. The van der Waals surface area contributed by atoms with Crippen LogP contribution in [-0.4, -0.2) is 49.5 Å². The molecule has 0 atom stereocenters. The van der Waals surface area contributed by atoms with Crippen LogP contribution in [0.25, 0.3) is 6.08 Å². The molecule has 0 saturated carbocycles. The highest BCUT2D eigenvalue weighted by molar-refractivity contribution is 8.18. The molecule has 1 aliphatic rings. The van der Waals surface area contributed by atoms with E-state index in [9.17, 15) is 9.59 Å². The van der Waals surface area contributed by atoms with Gasteiger partial charge in [-0.2, -0.15) is 0 Å². The topological polar surface area (TPSA) is 65.1 Å². The molecule has 29 heavy (non-hydrogen) atoms. The van der Waals surface area contributed by atoms with Gasteiger partial charge in [-0.05, 0) is 55.3 Å². The van der Waals surface area contributed by atoms with Gasteiger partial charge in [-0.3, -0.25) is 14.5 Å². The lowest BCUT2D eigenvalue weighted by molar-refractivity contribution is -0.122. The maximum Gasteiger partial charge on any atom is 0.293 e. The van der Waals surface area contributed by atoms with Crippen molar-refractivity contribution in [1.82, 2.24) is 4.90 Å². The number of imide groups is 1. The smallest absolute Gasteiger partial charge is 0.293 e. The number of amides is 2. The van der Waals surface area contributed by atoms with Gasteiger partial charge >= 0.3 is 0 Å². The lowest BCUT2D eigenvalue weighted by Gasteiger charge is -2.15. The van der Waals surface area contributed by atoms with E-state index in [0.717, 1.165) is 22.9 Å². The Balaban J connectivity index is 2.36. The molecular formula is C22H25NO5S. The van der Waals surface area contributed by atoms with Gasteiger partial charge in [0.2, 0.25) is 0 Å². The summed E-state index contributed by atoms with van der Waals surface area (Å²) in [6.07, 6.45) is 9.90. The molecule has 0 N–H and O–H groups in total. The van der Waals surface area contributed by atoms with E-state index in [4.69, 9.17) is 20.6 Å². The molecule has 6 nitrogen and oxygen atoms in total. The third-order valence-electron chi connectivity index (χ3n) is 4.02. The Bertz CT molecular complexity index is 840. The van der Waals surface area contributed by atoms with E-state index in [0.29, 0.717) is 49.0 Å². The van der Waals surface area contributed by atoms with Crippen LogP contribution in [0.3, 0.4) is 0 Å². The first-order valence-electron chi connectivity index (χ1n) is 9.26. The predicted octanol–water partition coefficient (Wildman–Crippen LogP) is 3.90. The zero-order chi connectivity index (χ0) is 21.2. The number of hydrogen-bond donors (Lipinski definition) is 0. The van der Waals surface area contributed by atoms with Crippen LogP contribution in [0.15, 0.2) is 29.7 Å². The van der Waals surface area contributed by atoms with E-state index < -0.39 is 0 Å². The molecule has 1 heterocycles. The van der Waals surface area contributed by atoms with Gasteiger partial charge in [0, 0.05) is 25.8 Å². The number of nitrogens with zero attached hydrogens (tertiary/aromatic N) is 1. The maximum atomic E-state index is 12.6. The molecule has 0 aromatic heterocycles. The van der Waals surface area contributed by atoms with E-state index in [1.807, 2.05) is 13.0 Å². The average molecular weight is 416 g/mol. The molecule has 1 fully saturated rings. The van der Waals surface area contributed by atoms with E-state index in [1.165, 1.54) is 4.90 Å². The average Bonchev–Trinajstić information content (AvgIpc) is 2.95. The third kappa shape index (κ3) is 5.89. The first-order chi connectivity index (χ1) is 14.0. The minimum atomic E-state index is -0.299. The number of carbonyl (C=O) groups excluding carboxylic acids is 2. The first kappa shape index (κ1) is 22.6. The summed E-state index contributed by atoms with van der Waals surface area (Å²) < 4.78 is 16.4. The van der Waals surface area contributed by atoms with Gasteiger partial charge in [-0.1, -0.05) is 12.0 Å². The monoisotopic (exact) mass is 415 g/mol. The number of allylic oxidation sites excluding steroid dienone is 1. The number of ether oxygens (including phenoxy) is 3. The first-order valence-corrected chi connectivity index (χ1v) is 10.1. The van der Waals surface area contributed by atoms with E-state index >= 15 is 0 Å². The van der Waals surface area contributed by atoms with Crippen molar-refractivity contribution in [2.24, 2.45) is 0 Å². The predicted molar refractivity (Wildman–Crippen MR) is 115 cm³/mol. The Kier molecular flexibility index (Phi) is 8.84. The fraction of sp³-hybridized carbons (Fsp3) is 0.364. The molecule has 0 radical (unpaired) electrons. The third-order valence-corrected chi connectivity index (χ3v) is 4.93. The fourth-order valence-corrected chi connectivity index (χ4v) is 3.69. The minimum absolute atomic E-state index is 0.115. The summed E-state index contributed by atoms with van der Waals surface area (Å²) >= 11 is 0.930. The normalized spacial score (nSPS) is 14.9. The van der Waals surface area contributed by atoms with Crippen LogP contribution >= 0.6 is 11.8 Å². The maximum absolute atomic E-state index is 12.6. The number of methoxy groups -OCH3 is 1. The van der Waals surface area contributed by atoms with Gasteiger partial charge in [0.25, 0.3) is 11.1 Å². The van der Waals surface area contributed by atoms with Crippen molar-refractivity contribution in [3.8, 4) is 23.8 Å². The summed E-state index contributed by atoms with van der Waals surface area (Å²) in [5.74, 6) is 3.25. The van der Waals surface area contributed by atoms with Crippen LogP contribution in [0.1, 0.15) is 24.5 Å². The highest BCUT2D eigenvalue weighted by Gasteiger charge is 2.34. The molecule has 154 valence electrons. The lowest BCUT2D eigenvalue weighted by Crippen LogP contribution is -2.29. The Morgan fingerprint density at radius 2 is 2.10 bits per heavy atom. The van der Waals surface area contributed by atoms with E-state index in [-0.39, 0.29) is 17.8 Å². The summed E-state index contributed by atoms with van der Waals surface area (Å²) in [6.45, 7) is 7.03. The van der Waals surface area contributed by atoms with Crippen LogP contribution in [0.4, 0.5) is 4.79 Å². The van der Waals surface area contributed by atoms with Crippen LogP contribution < -0.4 is 9.47 Å². The van der Waals surface area contributed by atoms with Gasteiger partial charge in [0.05, 0.1) is 11.5 Å². The van der Waals surface area contributed by atoms with Crippen molar-refractivity contribution in [3.05, 3.63) is 40.8 Å². The lowest BCUT2D eigenvalue weighted by atomic mass is 10.0. The van der Waals surface area contributed by atoms with Crippen molar-refractivity contribution in [2.45, 2.75) is 19.8 Å². The molecule has 1 aromatic rings. The summed E-state index contributed by atoms with van der Waals surface area (Å²) in [5, 5.41) is -0.275. The van der Waals surface area contributed by atoms with Crippen LogP contribution in [0, 0.1) is 12.3 Å². The SMILES string of the molecule is C#CCOc1c(CC=C)cc(/C=C2/SC(=O)N(CCCOC)C2=O)cc1OCC. The number of terminal acetylenes is 1. The highest BCUT2D eigenvalue weighted by atomic mass is 32.2. The largest absolute Gasteiger partial charge is 0.490 e. The molecule has 2 rings (SSSR count).